The molecule has 2 N–H and O–H groups in total. The number of imide groups is 1. The topological polar surface area (TPSA) is 172 Å². The van der Waals surface area contributed by atoms with Gasteiger partial charge in [0.25, 0.3) is 11.6 Å². The average molecular weight is 686 g/mol. The summed E-state index contributed by atoms with van der Waals surface area (Å²) in [5, 5.41) is 24.1. The molecule has 3 amide bonds. The number of carbonyl (C=O) groups excluding carboxylic acids is 3. The summed E-state index contributed by atoms with van der Waals surface area (Å²) in [6.07, 6.45) is 4.88. The summed E-state index contributed by atoms with van der Waals surface area (Å²) >= 11 is 3.48. The number of amidine groups is 1. The molecule has 2 atom stereocenters. The molecule has 12 nitrogen and oxygen atoms in total. The van der Waals surface area contributed by atoms with E-state index in [9.17, 15) is 34.4 Å². The molecule has 3 heterocycles. The molecule has 0 spiro atoms. The number of thiazole rings is 1. The van der Waals surface area contributed by atoms with Crippen LogP contribution in [-0.4, -0.2) is 43.9 Å². The van der Waals surface area contributed by atoms with Crippen molar-refractivity contribution in [1.29, 1.82) is 0 Å². The molecule has 3 fully saturated rings. The number of amides is 3. The fraction of sp³-hybridized carbons (Fsp3) is 0.188. The van der Waals surface area contributed by atoms with Gasteiger partial charge in [0.05, 0.1) is 53.7 Å². The number of aromatic nitrogens is 1. The van der Waals surface area contributed by atoms with Gasteiger partial charge in [-0.25, -0.2) is 14.8 Å². The number of rotatable bonds is 7. The van der Waals surface area contributed by atoms with Crippen LogP contribution in [0.3, 0.4) is 0 Å². The van der Waals surface area contributed by atoms with Crippen LogP contribution in [0.4, 0.5) is 17.1 Å². The zero-order valence-corrected chi connectivity index (χ0v) is 26.7. The lowest BCUT2D eigenvalue weighted by Gasteiger charge is -2.19. The Morgan fingerprint density at radius 1 is 1.06 bits per heavy atom. The summed E-state index contributed by atoms with van der Waals surface area (Å²) in [7, 11) is 0. The van der Waals surface area contributed by atoms with E-state index >= 15 is 0 Å². The van der Waals surface area contributed by atoms with Gasteiger partial charge in [0.15, 0.2) is 9.51 Å². The molecular formula is C32H23N5O7S3. The number of nitro groups is 1. The maximum atomic E-state index is 13.1. The molecule has 1 saturated carbocycles. The Bertz CT molecular complexity index is 2070. The van der Waals surface area contributed by atoms with Crippen LogP contribution in [-0.2, 0) is 14.4 Å². The zero-order chi connectivity index (χ0) is 32.8. The number of nitrogens with zero attached hydrogens (tertiary/aromatic N) is 4. The van der Waals surface area contributed by atoms with Crippen LogP contribution < -0.4 is 10.2 Å². The third kappa shape index (κ3) is 6.04. The van der Waals surface area contributed by atoms with Crippen LogP contribution >= 0.6 is 34.9 Å². The molecule has 236 valence electrons. The molecule has 15 heteroatoms. The quantitative estimate of drug-likeness (QED) is 0.0931. The highest BCUT2D eigenvalue weighted by Crippen LogP contribution is 2.43. The first-order chi connectivity index (χ1) is 22.6. The van der Waals surface area contributed by atoms with Gasteiger partial charge in [0.2, 0.25) is 11.8 Å². The number of thioether (sulfide) groups is 1. The second kappa shape index (κ2) is 12.4. The fourth-order valence-electron chi connectivity index (χ4n) is 5.90. The van der Waals surface area contributed by atoms with E-state index in [1.807, 2.05) is 0 Å². The molecule has 2 saturated heterocycles. The number of hydrogen-bond donors (Lipinski definition) is 2. The van der Waals surface area contributed by atoms with Gasteiger partial charge in [-0.05, 0) is 78.7 Å². The number of benzene rings is 3. The van der Waals surface area contributed by atoms with E-state index in [0.29, 0.717) is 31.7 Å². The summed E-state index contributed by atoms with van der Waals surface area (Å²) in [6.45, 7) is 0. The molecule has 0 radical (unpaired) electrons. The predicted molar refractivity (Wildman–Crippen MR) is 179 cm³/mol. The van der Waals surface area contributed by atoms with Crippen molar-refractivity contribution in [2.45, 2.75) is 34.9 Å². The van der Waals surface area contributed by atoms with E-state index in [0.717, 1.165) is 53.9 Å². The second-order valence-corrected chi connectivity index (χ2v) is 14.4. The predicted octanol–water partition coefficient (Wildman–Crippen LogP) is 6.63. The van der Waals surface area contributed by atoms with Crippen LogP contribution in [0.25, 0.3) is 16.3 Å². The van der Waals surface area contributed by atoms with Gasteiger partial charge in [-0.3, -0.25) is 29.4 Å². The molecule has 1 aromatic heterocycles. The number of carboxylic acid groups (broad SMARTS) is 1. The van der Waals surface area contributed by atoms with Crippen LogP contribution in [0, 0.1) is 22.0 Å². The molecule has 2 aliphatic heterocycles. The van der Waals surface area contributed by atoms with E-state index in [1.165, 1.54) is 40.5 Å². The first-order valence-electron chi connectivity index (χ1n) is 14.5. The van der Waals surface area contributed by atoms with Crippen molar-refractivity contribution in [3.8, 4) is 0 Å². The van der Waals surface area contributed by atoms with E-state index in [-0.39, 0.29) is 45.0 Å². The Hall–Kier alpha value is -4.86. The third-order valence-corrected chi connectivity index (χ3v) is 11.2. The Labute approximate surface area is 279 Å². The third-order valence-electron chi connectivity index (χ3n) is 8.10. The Balaban J connectivity index is 1.10. The lowest BCUT2D eigenvalue weighted by Crippen LogP contribution is -2.30. The highest BCUT2D eigenvalue weighted by Gasteiger charge is 2.48. The maximum absolute atomic E-state index is 13.1. The number of nitro benzene ring substituents is 1. The highest BCUT2D eigenvalue weighted by molar-refractivity contribution is 8.18. The standard InChI is InChI=1S/C32H23N5O7S3/c38-27-26(45-31(35-27)33-18-5-3-4-17(14-18)30(41)42)13-16-8-11-24(23(12-16)37(43)44)46-32-34-22-10-9-19(15-25(22)47-32)36-28(39)20-6-1-2-7-21(20)29(36)40/h3-5,8-15,20-21H,1-2,6-7H2,(H,41,42)(H,33,35,38)/b26-13-/t20-,21-/m0/s1. The zero-order valence-electron chi connectivity index (χ0n) is 24.2. The lowest BCUT2D eigenvalue weighted by molar-refractivity contribution is -0.387. The Morgan fingerprint density at radius 2 is 1.83 bits per heavy atom. The number of hydrogen-bond acceptors (Lipinski definition) is 11. The summed E-state index contributed by atoms with van der Waals surface area (Å²) in [5.74, 6) is -2.33. The Kier molecular flexibility index (Phi) is 8.11. The number of anilines is 1. The van der Waals surface area contributed by atoms with Crippen LogP contribution in [0.2, 0.25) is 0 Å². The van der Waals surface area contributed by atoms with Gasteiger partial charge < -0.3 is 10.4 Å². The van der Waals surface area contributed by atoms with Gasteiger partial charge in [0, 0.05) is 6.07 Å². The highest BCUT2D eigenvalue weighted by atomic mass is 32.2. The number of nitrogens with one attached hydrogen (secondary N) is 1. The number of aliphatic imine (C=N–C) groups is 1. The largest absolute Gasteiger partial charge is 0.478 e. The van der Waals surface area contributed by atoms with Crippen molar-refractivity contribution in [1.82, 2.24) is 10.3 Å². The number of fused-ring (bicyclic) bond motifs is 2. The van der Waals surface area contributed by atoms with E-state index in [1.54, 1.807) is 42.5 Å². The van der Waals surface area contributed by atoms with Gasteiger partial charge >= 0.3 is 5.97 Å². The van der Waals surface area contributed by atoms with Crippen molar-refractivity contribution in [2.75, 3.05) is 4.90 Å². The van der Waals surface area contributed by atoms with E-state index in [4.69, 9.17) is 0 Å². The van der Waals surface area contributed by atoms with Crippen LogP contribution in [0.5, 0.6) is 0 Å². The smallest absolute Gasteiger partial charge is 0.335 e. The first-order valence-corrected chi connectivity index (χ1v) is 17.0. The number of carbonyl (C=O) groups is 4. The second-order valence-electron chi connectivity index (χ2n) is 11.1. The van der Waals surface area contributed by atoms with Crippen molar-refractivity contribution in [2.24, 2.45) is 16.8 Å². The van der Waals surface area contributed by atoms with Gasteiger partial charge in [-0.2, -0.15) is 0 Å². The molecule has 3 aromatic carbocycles. The van der Waals surface area contributed by atoms with Crippen LogP contribution in [0.15, 0.2) is 79.8 Å². The molecule has 0 unspecified atom stereocenters. The van der Waals surface area contributed by atoms with Crippen LogP contribution in [0.1, 0.15) is 41.6 Å². The summed E-state index contributed by atoms with van der Waals surface area (Å²) < 4.78 is 1.30. The fourth-order valence-corrected chi connectivity index (χ4v) is 8.88. The van der Waals surface area contributed by atoms with Crippen molar-refractivity contribution < 1.29 is 29.2 Å². The minimum absolute atomic E-state index is 0.0603. The summed E-state index contributed by atoms with van der Waals surface area (Å²) in [5.41, 5.74) is 1.85. The summed E-state index contributed by atoms with van der Waals surface area (Å²) in [4.78, 5) is 72.5. The molecule has 1 aliphatic carbocycles. The maximum Gasteiger partial charge on any atom is 0.335 e. The first kappa shape index (κ1) is 30.8. The SMILES string of the molecule is O=C1NC(=Nc2cccc(C(=O)O)c2)S/C1=C\c1ccc(Sc2nc3ccc(N4C(=O)[C@H]5CCCC[C@@H]5C4=O)cc3s2)c([N+](=O)[O-])c1. The van der Waals surface area contributed by atoms with Crippen molar-refractivity contribution in [3.05, 3.63) is 86.8 Å². The molecule has 47 heavy (non-hydrogen) atoms. The van der Waals surface area contributed by atoms with Gasteiger partial charge in [-0.15, -0.1) is 11.3 Å². The van der Waals surface area contributed by atoms with Gasteiger partial charge in [-0.1, -0.05) is 36.7 Å². The van der Waals surface area contributed by atoms with Gasteiger partial charge in [0.1, 0.15) is 0 Å². The Morgan fingerprint density at radius 3 is 2.55 bits per heavy atom. The lowest BCUT2D eigenvalue weighted by atomic mass is 9.81. The monoisotopic (exact) mass is 685 g/mol. The van der Waals surface area contributed by atoms with E-state index in [2.05, 4.69) is 15.3 Å². The molecule has 4 aromatic rings. The molecule has 3 aliphatic rings. The molecule has 7 rings (SSSR count). The average Bonchev–Trinajstić information content (AvgIpc) is 3.69. The molecule has 0 bridgehead atoms. The van der Waals surface area contributed by atoms with Crippen molar-refractivity contribution in [3.63, 3.8) is 0 Å². The normalized spacial score (nSPS) is 21.1. The minimum atomic E-state index is -1.10. The molecular weight excluding hydrogens is 663 g/mol. The number of carboxylic acids is 1. The van der Waals surface area contributed by atoms with E-state index < -0.39 is 16.8 Å². The minimum Gasteiger partial charge on any atom is -0.478 e. The summed E-state index contributed by atoms with van der Waals surface area (Å²) in [6, 6.07) is 15.9. The van der Waals surface area contributed by atoms with Crippen molar-refractivity contribution >= 4 is 97.1 Å². The number of aromatic carboxylic acids is 1.